The standard InChI is InChI=1S/C22H32N2O2.C13H17N.C9H15NO3/c1-5-17(13-16-9-7-6-8-10-16)19-14-20(19)23-18-11-12-24(15-18)21(25)26-22(2,3)4;1-2-11(12-9-13(12)14)8-10-6-4-3-5-7-10;1-9(2,3)13-8(12)10-5-4-7(11)6-10/h6-10,13,18-20,23H,5,11-12,14-15H2,1-4H3;3-8,12-13H,2,9,14H2,1H3;4-6H2,1-3H3/b17-13+;11-8+;/t18?,19-,20+;12-,13+;/m00./s1. The first-order chi connectivity index (χ1) is 25.0. The number of amides is 2. The molecule has 2 saturated heterocycles. The van der Waals surface area contributed by atoms with Gasteiger partial charge < -0.3 is 30.3 Å². The molecule has 290 valence electrons. The van der Waals surface area contributed by atoms with Crippen molar-refractivity contribution in [2.75, 3.05) is 26.2 Å². The second-order valence-electron chi connectivity index (χ2n) is 16.7. The quantitative estimate of drug-likeness (QED) is 0.280. The van der Waals surface area contributed by atoms with Crippen LogP contribution in [0.4, 0.5) is 9.59 Å². The number of rotatable bonds is 8. The molecule has 0 radical (unpaired) electrons. The van der Waals surface area contributed by atoms with E-state index in [1.54, 1.807) is 0 Å². The van der Waals surface area contributed by atoms with Crippen molar-refractivity contribution in [3.8, 4) is 0 Å². The summed E-state index contributed by atoms with van der Waals surface area (Å²) in [5, 5.41) is 3.76. The monoisotopic (exact) mass is 728 g/mol. The second-order valence-corrected chi connectivity index (χ2v) is 16.7. The predicted octanol–water partition coefficient (Wildman–Crippen LogP) is 8.49. The minimum atomic E-state index is -0.483. The topological polar surface area (TPSA) is 114 Å². The van der Waals surface area contributed by atoms with Gasteiger partial charge in [0.05, 0.1) is 6.54 Å². The van der Waals surface area contributed by atoms with Gasteiger partial charge in [0.15, 0.2) is 5.78 Å². The van der Waals surface area contributed by atoms with E-state index in [1.165, 1.54) is 40.0 Å². The number of hydrogen-bond acceptors (Lipinski definition) is 7. The van der Waals surface area contributed by atoms with Gasteiger partial charge in [-0.25, -0.2) is 9.59 Å². The molecule has 2 saturated carbocycles. The van der Waals surface area contributed by atoms with Gasteiger partial charge in [-0.2, -0.15) is 0 Å². The normalized spacial score (nSPS) is 24.1. The fraction of sp³-hybridized carbons (Fsp3) is 0.568. The van der Waals surface area contributed by atoms with Crippen LogP contribution in [0.2, 0.25) is 0 Å². The van der Waals surface area contributed by atoms with E-state index in [2.05, 4.69) is 85.9 Å². The number of ether oxygens (including phenoxy) is 2. The Morgan fingerprint density at radius 2 is 1.26 bits per heavy atom. The number of nitrogens with one attached hydrogen (secondary N) is 1. The Bertz CT molecular complexity index is 1560. The summed E-state index contributed by atoms with van der Waals surface area (Å²) in [6.45, 7) is 17.8. The first-order valence-electron chi connectivity index (χ1n) is 19.5. The van der Waals surface area contributed by atoms with E-state index in [9.17, 15) is 14.4 Å². The molecule has 53 heavy (non-hydrogen) atoms. The molecule has 2 aromatic rings. The molecule has 4 fully saturated rings. The molecule has 0 aromatic heterocycles. The highest BCUT2D eigenvalue weighted by molar-refractivity contribution is 5.87. The summed E-state index contributed by atoms with van der Waals surface area (Å²) in [5.74, 6) is 1.39. The highest BCUT2D eigenvalue weighted by Gasteiger charge is 2.42. The Morgan fingerprint density at radius 3 is 1.70 bits per heavy atom. The maximum Gasteiger partial charge on any atom is 0.410 e. The molecule has 2 aliphatic heterocycles. The third-order valence-corrected chi connectivity index (χ3v) is 9.67. The van der Waals surface area contributed by atoms with Gasteiger partial charge in [0.2, 0.25) is 0 Å². The Kier molecular flexibility index (Phi) is 14.9. The van der Waals surface area contributed by atoms with Gasteiger partial charge >= 0.3 is 12.2 Å². The molecule has 3 N–H and O–H groups in total. The number of nitrogens with two attached hydrogens (primary N) is 1. The van der Waals surface area contributed by atoms with Crippen LogP contribution in [0.1, 0.15) is 105 Å². The van der Waals surface area contributed by atoms with Gasteiger partial charge in [0, 0.05) is 44.2 Å². The third kappa shape index (κ3) is 14.4. The zero-order valence-electron chi connectivity index (χ0n) is 33.4. The summed E-state index contributed by atoms with van der Waals surface area (Å²) in [4.78, 5) is 37.7. The minimum Gasteiger partial charge on any atom is -0.444 e. The maximum absolute atomic E-state index is 12.2. The molecule has 2 amide bonds. The molecule has 2 heterocycles. The zero-order valence-corrected chi connectivity index (χ0v) is 33.4. The lowest BCUT2D eigenvalue weighted by molar-refractivity contribution is -0.117. The van der Waals surface area contributed by atoms with Crippen LogP contribution in [0, 0.1) is 11.8 Å². The summed E-state index contributed by atoms with van der Waals surface area (Å²) >= 11 is 0. The number of benzene rings is 2. The lowest BCUT2D eigenvalue weighted by atomic mass is 10.0. The number of likely N-dealkylation sites (tertiary alicyclic amines) is 2. The van der Waals surface area contributed by atoms with Crippen LogP contribution >= 0.6 is 0 Å². The van der Waals surface area contributed by atoms with Gasteiger partial charge in [-0.3, -0.25) is 4.79 Å². The van der Waals surface area contributed by atoms with Crippen molar-refractivity contribution in [2.24, 2.45) is 17.6 Å². The highest BCUT2D eigenvalue weighted by atomic mass is 16.6. The van der Waals surface area contributed by atoms with E-state index in [-0.39, 0.29) is 18.4 Å². The molecule has 9 nitrogen and oxygen atoms in total. The average molecular weight is 729 g/mol. The molecule has 2 aliphatic carbocycles. The Labute approximate surface area is 318 Å². The molecule has 0 spiro atoms. The fourth-order valence-corrected chi connectivity index (χ4v) is 6.70. The van der Waals surface area contributed by atoms with Crippen molar-refractivity contribution in [2.45, 2.75) is 123 Å². The van der Waals surface area contributed by atoms with Crippen LogP contribution in [0.15, 0.2) is 71.8 Å². The molecule has 0 bridgehead atoms. The van der Waals surface area contributed by atoms with E-state index in [0.717, 1.165) is 32.4 Å². The number of ketones is 1. The summed E-state index contributed by atoms with van der Waals surface area (Å²) < 4.78 is 10.6. The van der Waals surface area contributed by atoms with Crippen molar-refractivity contribution in [1.29, 1.82) is 0 Å². The Balaban J connectivity index is 0.000000196. The predicted molar refractivity (Wildman–Crippen MR) is 214 cm³/mol. The van der Waals surface area contributed by atoms with Crippen molar-refractivity contribution in [1.82, 2.24) is 15.1 Å². The van der Waals surface area contributed by atoms with Gasteiger partial charge in [0.25, 0.3) is 0 Å². The maximum atomic E-state index is 12.2. The fourth-order valence-electron chi connectivity index (χ4n) is 6.70. The number of hydrogen-bond donors (Lipinski definition) is 2. The summed E-state index contributed by atoms with van der Waals surface area (Å²) in [5.41, 5.74) is 10.6. The molecule has 4 aliphatic rings. The first-order valence-corrected chi connectivity index (χ1v) is 19.5. The van der Waals surface area contributed by atoms with E-state index >= 15 is 0 Å². The van der Waals surface area contributed by atoms with Crippen LogP contribution in [0.5, 0.6) is 0 Å². The molecule has 9 heteroatoms. The third-order valence-electron chi connectivity index (χ3n) is 9.67. The van der Waals surface area contributed by atoms with Crippen molar-refractivity contribution < 1.29 is 23.9 Å². The summed E-state index contributed by atoms with van der Waals surface area (Å²) in [7, 11) is 0. The van der Waals surface area contributed by atoms with Crippen LogP contribution in [0.25, 0.3) is 12.2 Å². The number of nitrogens with zero attached hydrogens (tertiary/aromatic N) is 2. The van der Waals surface area contributed by atoms with E-state index in [4.69, 9.17) is 15.2 Å². The van der Waals surface area contributed by atoms with Crippen LogP contribution in [-0.4, -0.2) is 83.3 Å². The second kappa shape index (κ2) is 18.9. The summed E-state index contributed by atoms with van der Waals surface area (Å²) in [6.07, 6.45) is 10.1. The van der Waals surface area contributed by atoms with Crippen molar-refractivity contribution >= 4 is 30.1 Å². The van der Waals surface area contributed by atoms with E-state index < -0.39 is 17.3 Å². The Hall–Kier alpha value is -3.95. The minimum absolute atomic E-state index is 0.103. The van der Waals surface area contributed by atoms with Crippen molar-refractivity contribution in [3.63, 3.8) is 0 Å². The van der Waals surface area contributed by atoms with Crippen LogP contribution in [-0.2, 0) is 14.3 Å². The van der Waals surface area contributed by atoms with Crippen molar-refractivity contribution in [3.05, 3.63) is 82.9 Å². The molecular weight excluding hydrogens is 665 g/mol. The van der Waals surface area contributed by atoms with Gasteiger partial charge in [-0.1, -0.05) is 97.8 Å². The SMILES string of the molecule is CC(C)(C)OC(=O)N1CCC(=O)C1.CC/C(=C\c1ccccc1)[C@@H]1C[C@H]1N.CC/C(=C\c1ccccc1)[C@@H]1C[C@H]1NC1CCN(C(=O)OC(C)(C)C)C1. The molecule has 2 aromatic carbocycles. The lowest BCUT2D eigenvalue weighted by Crippen LogP contribution is -2.39. The molecule has 6 rings (SSSR count). The first kappa shape index (κ1) is 41.8. The van der Waals surface area contributed by atoms with Gasteiger partial charge in [0.1, 0.15) is 11.2 Å². The van der Waals surface area contributed by atoms with E-state index in [0.29, 0.717) is 42.9 Å². The van der Waals surface area contributed by atoms with E-state index in [1.807, 2.05) is 52.5 Å². The highest BCUT2D eigenvalue weighted by Crippen LogP contribution is 2.40. The molecule has 1 unspecified atom stereocenters. The number of carbonyl (C=O) groups excluding carboxylic acids is 3. The largest absolute Gasteiger partial charge is 0.444 e. The molecule has 5 atom stereocenters. The van der Waals surface area contributed by atoms with Gasteiger partial charge in [-0.05, 0) is 96.6 Å². The summed E-state index contributed by atoms with van der Waals surface area (Å²) in [6, 6.07) is 22.4. The number of Topliss-reactive ketones (excluding diaryl/α,β-unsaturated/α-hetero) is 1. The smallest absolute Gasteiger partial charge is 0.410 e. The zero-order chi connectivity index (χ0) is 38.8. The van der Waals surface area contributed by atoms with Gasteiger partial charge in [-0.15, -0.1) is 0 Å². The van der Waals surface area contributed by atoms with Crippen LogP contribution < -0.4 is 11.1 Å². The average Bonchev–Trinajstić information content (AvgIpc) is 3.90. The number of carbonyl (C=O) groups is 3. The molecular formula is C44H64N4O5. The lowest BCUT2D eigenvalue weighted by Gasteiger charge is -2.24. The van der Waals surface area contributed by atoms with Crippen LogP contribution in [0.3, 0.4) is 0 Å². The Morgan fingerprint density at radius 1 is 0.774 bits per heavy atom.